The van der Waals surface area contributed by atoms with Crippen molar-refractivity contribution in [2.45, 2.75) is 17.4 Å². The number of hydrogen-bond donors (Lipinski definition) is 2. The number of halogens is 1. The smallest absolute Gasteiger partial charge is 0.240 e. The zero-order valence-corrected chi connectivity index (χ0v) is 11.2. The Morgan fingerprint density at radius 1 is 1.29 bits per heavy atom. The predicted molar refractivity (Wildman–Crippen MR) is 65.9 cm³/mol. The molecule has 92 valence electrons. The van der Waals surface area contributed by atoms with Gasteiger partial charge in [0, 0.05) is 23.5 Å². The molecule has 2 N–H and O–H groups in total. The minimum absolute atomic E-state index is 0.131. The summed E-state index contributed by atoms with van der Waals surface area (Å²) in [5.74, 6) is -0.131. The molecule has 0 aromatic heterocycles. The van der Waals surface area contributed by atoms with E-state index in [1.54, 1.807) is 12.1 Å². The molecule has 1 fully saturated rings. The fourth-order valence-corrected chi connectivity index (χ4v) is 3.09. The Morgan fingerprint density at radius 3 is 2.47 bits per heavy atom. The summed E-state index contributed by atoms with van der Waals surface area (Å²) < 4.78 is 27.2. The van der Waals surface area contributed by atoms with E-state index >= 15 is 0 Å². The lowest BCUT2D eigenvalue weighted by Gasteiger charge is -2.11. The molecule has 5 nitrogen and oxygen atoms in total. The first-order valence-electron chi connectivity index (χ1n) is 5.02. The first kappa shape index (κ1) is 12.5. The van der Waals surface area contributed by atoms with Crippen LogP contribution in [-0.2, 0) is 14.8 Å². The average molecular weight is 319 g/mol. The Labute approximate surface area is 108 Å². The summed E-state index contributed by atoms with van der Waals surface area (Å²) in [7, 11) is -3.55. The first-order valence-corrected chi connectivity index (χ1v) is 7.29. The minimum Gasteiger partial charge on any atom is -0.354 e. The molecule has 2 rings (SSSR count). The Hall–Kier alpha value is -0.920. The number of rotatable bonds is 3. The highest BCUT2D eigenvalue weighted by Crippen LogP contribution is 2.15. The van der Waals surface area contributed by atoms with Crippen molar-refractivity contribution < 1.29 is 13.2 Å². The van der Waals surface area contributed by atoms with E-state index in [9.17, 15) is 13.2 Å². The largest absolute Gasteiger partial charge is 0.354 e. The lowest BCUT2D eigenvalue weighted by atomic mass is 10.3. The van der Waals surface area contributed by atoms with E-state index in [2.05, 4.69) is 26.0 Å². The van der Waals surface area contributed by atoms with Gasteiger partial charge in [-0.25, -0.2) is 13.1 Å². The van der Waals surface area contributed by atoms with Crippen LogP contribution in [0.5, 0.6) is 0 Å². The normalized spacial score (nSPS) is 20.3. The topological polar surface area (TPSA) is 75.3 Å². The van der Waals surface area contributed by atoms with Gasteiger partial charge in [-0.1, -0.05) is 15.9 Å². The van der Waals surface area contributed by atoms with Crippen LogP contribution in [0.25, 0.3) is 0 Å². The summed E-state index contributed by atoms with van der Waals surface area (Å²) in [5, 5.41) is 2.58. The van der Waals surface area contributed by atoms with E-state index in [-0.39, 0.29) is 23.3 Å². The molecule has 0 radical (unpaired) electrons. The maximum absolute atomic E-state index is 11.9. The summed E-state index contributed by atoms with van der Waals surface area (Å²) in [6, 6.07) is 5.98. The second kappa shape index (κ2) is 4.75. The number of sulfonamides is 1. The zero-order chi connectivity index (χ0) is 12.5. The van der Waals surface area contributed by atoms with Crippen LogP contribution in [0.1, 0.15) is 6.42 Å². The van der Waals surface area contributed by atoms with Crippen LogP contribution in [-0.4, -0.2) is 26.9 Å². The van der Waals surface area contributed by atoms with Gasteiger partial charge in [-0.15, -0.1) is 0 Å². The summed E-state index contributed by atoms with van der Waals surface area (Å²) >= 11 is 3.24. The van der Waals surface area contributed by atoms with E-state index in [0.29, 0.717) is 6.54 Å². The molecule has 1 atom stereocenters. The van der Waals surface area contributed by atoms with E-state index in [0.717, 1.165) is 4.47 Å². The average Bonchev–Trinajstić information content (AvgIpc) is 2.63. The molecule has 0 bridgehead atoms. The fourth-order valence-electron chi connectivity index (χ4n) is 1.59. The Balaban J connectivity index is 2.14. The van der Waals surface area contributed by atoms with Gasteiger partial charge in [-0.3, -0.25) is 4.79 Å². The Morgan fingerprint density at radius 2 is 1.94 bits per heavy atom. The monoisotopic (exact) mass is 318 g/mol. The van der Waals surface area contributed by atoms with Crippen LogP contribution >= 0.6 is 15.9 Å². The van der Waals surface area contributed by atoms with Gasteiger partial charge in [0.1, 0.15) is 0 Å². The molecular formula is C10H11BrN2O3S. The van der Waals surface area contributed by atoms with Crippen molar-refractivity contribution in [3.63, 3.8) is 0 Å². The Bertz CT molecular complexity index is 527. The molecule has 0 unspecified atom stereocenters. The van der Waals surface area contributed by atoms with Gasteiger partial charge in [0.15, 0.2) is 0 Å². The number of carbonyl (C=O) groups excluding carboxylic acids is 1. The molecule has 0 spiro atoms. The molecule has 1 saturated heterocycles. The van der Waals surface area contributed by atoms with E-state index in [1.165, 1.54) is 12.1 Å². The van der Waals surface area contributed by atoms with Crippen molar-refractivity contribution in [1.82, 2.24) is 10.0 Å². The van der Waals surface area contributed by atoms with Gasteiger partial charge in [0.05, 0.1) is 4.90 Å². The molecule has 1 aliphatic heterocycles. The third kappa shape index (κ3) is 3.05. The zero-order valence-electron chi connectivity index (χ0n) is 8.81. The molecule has 1 amide bonds. The van der Waals surface area contributed by atoms with Crippen LogP contribution in [0, 0.1) is 0 Å². The van der Waals surface area contributed by atoms with Crippen LogP contribution < -0.4 is 10.0 Å². The molecule has 1 aliphatic rings. The Kier molecular flexibility index (Phi) is 3.50. The molecule has 1 heterocycles. The van der Waals surface area contributed by atoms with Crippen molar-refractivity contribution >= 4 is 31.9 Å². The van der Waals surface area contributed by atoms with Gasteiger partial charge >= 0.3 is 0 Å². The summed E-state index contributed by atoms with van der Waals surface area (Å²) in [6.07, 6.45) is 0.190. The van der Waals surface area contributed by atoms with Crippen LogP contribution in [0.4, 0.5) is 0 Å². The van der Waals surface area contributed by atoms with E-state index in [4.69, 9.17) is 0 Å². The predicted octanol–water partition coefficient (Wildman–Crippen LogP) is 0.616. The molecule has 7 heteroatoms. The number of hydrogen-bond acceptors (Lipinski definition) is 3. The second-order valence-electron chi connectivity index (χ2n) is 3.78. The van der Waals surface area contributed by atoms with Gasteiger partial charge in [0.2, 0.25) is 15.9 Å². The van der Waals surface area contributed by atoms with Crippen molar-refractivity contribution in [2.75, 3.05) is 6.54 Å². The van der Waals surface area contributed by atoms with Crippen molar-refractivity contribution in [3.8, 4) is 0 Å². The number of amides is 1. The molecule has 17 heavy (non-hydrogen) atoms. The highest BCUT2D eigenvalue weighted by atomic mass is 79.9. The standard InChI is InChI=1S/C10H11BrN2O3S/c11-7-1-3-9(4-2-7)17(15,16)13-8-5-10(14)12-6-8/h1-4,8,13H,5-6H2,(H,12,14)/t8-/m0/s1. The maximum atomic E-state index is 11.9. The second-order valence-corrected chi connectivity index (χ2v) is 6.41. The number of nitrogens with one attached hydrogen (secondary N) is 2. The molecule has 1 aromatic carbocycles. The summed E-state index contributed by atoms with van der Waals surface area (Å²) in [5.41, 5.74) is 0. The van der Waals surface area contributed by atoms with Gasteiger partial charge in [-0.2, -0.15) is 0 Å². The van der Waals surface area contributed by atoms with Gasteiger partial charge in [-0.05, 0) is 24.3 Å². The highest BCUT2D eigenvalue weighted by Gasteiger charge is 2.26. The first-order chi connectivity index (χ1) is 7.97. The lowest BCUT2D eigenvalue weighted by molar-refractivity contribution is -0.119. The molecule has 0 aliphatic carbocycles. The lowest BCUT2D eigenvalue weighted by Crippen LogP contribution is -2.36. The third-order valence-electron chi connectivity index (χ3n) is 2.42. The number of benzene rings is 1. The maximum Gasteiger partial charge on any atom is 0.240 e. The van der Waals surface area contributed by atoms with Crippen molar-refractivity contribution in [1.29, 1.82) is 0 Å². The molecular weight excluding hydrogens is 308 g/mol. The van der Waals surface area contributed by atoms with Crippen LogP contribution in [0.15, 0.2) is 33.6 Å². The quantitative estimate of drug-likeness (QED) is 0.857. The minimum atomic E-state index is -3.55. The molecule has 0 saturated carbocycles. The van der Waals surface area contributed by atoms with Gasteiger partial charge < -0.3 is 5.32 Å². The van der Waals surface area contributed by atoms with Crippen LogP contribution in [0.3, 0.4) is 0 Å². The van der Waals surface area contributed by atoms with Crippen molar-refractivity contribution in [2.24, 2.45) is 0 Å². The number of carbonyl (C=O) groups is 1. The molecule has 1 aromatic rings. The fraction of sp³-hybridized carbons (Fsp3) is 0.300. The summed E-state index contributed by atoms with van der Waals surface area (Å²) in [4.78, 5) is 11.2. The van der Waals surface area contributed by atoms with E-state index < -0.39 is 10.0 Å². The van der Waals surface area contributed by atoms with Crippen molar-refractivity contribution in [3.05, 3.63) is 28.7 Å². The SMILES string of the molecule is O=C1C[C@H](NS(=O)(=O)c2ccc(Br)cc2)CN1. The highest BCUT2D eigenvalue weighted by molar-refractivity contribution is 9.10. The van der Waals surface area contributed by atoms with E-state index in [1.807, 2.05) is 0 Å². The van der Waals surface area contributed by atoms with Gasteiger partial charge in [0.25, 0.3) is 0 Å². The third-order valence-corrected chi connectivity index (χ3v) is 4.49. The summed E-state index contributed by atoms with van der Waals surface area (Å²) in [6.45, 7) is 0.342. The van der Waals surface area contributed by atoms with Crippen LogP contribution in [0.2, 0.25) is 0 Å².